The maximum Gasteiger partial charge on any atom is 0.213 e. The van der Waals surface area contributed by atoms with E-state index >= 15 is 0 Å². The lowest BCUT2D eigenvalue weighted by Crippen LogP contribution is -2.65. The topological polar surface area (TPSA) is 20.2 Å². The summed E-state index contributed by atoms with van der Waals surface area (Å²) in [5, 5.41) is 17.2. The summed E-state index contributed by atoms with van der Waals surface area (Å²) in [4.78, 5) is 0. The van der Waals surface area contributed by atoms with Crippen molar-refractivity contribution in [3.63, 3.8) is 0 Å². The molecule has 48 heavy (non-hydrogen) atoms. The summed E-state index contributed by atoms with van der Waals surface area (Å²) in [5.41, 5.74) is 4.35. The molecular weight excluding hydrogens is 613 g/mol. The highest BCUT2D eigenvalue weighted by Crippen LogP contribution is 2.76. The normalized spacial score (nSPS) is 29.1. The van der Waals surface area contributed by atoms with Crippen LogP contribution < -0.4 is 10.4 Å². The fourth-order valence-corrected chi connectivity index (χ4v) is 28.1. The van der Waals surface area contributed by atoms with Crippen molar-refractivity contribution in [1.29, 1.82) is 0 Å². The van der Waals surface area contributed by atoms with E-state index in [9.17, 15) is 5.11 Å². The Bertz CT molecular complexity index is 1500. The Morgan fingerprint density at radius 3 is 1.58 bits per heavy atom. The SMILES string of the molecule is CC(C)[Si](c1ccccc1)(C(C)C)[C@H]1C[C@@H](c2ccccc2)[C@@]2(CC[C+]3CC(C)(C)[C@@H]([Si](c4ccccc4)(C(C)C)C(C)C)C[C@]32O)C1. The minimum atomic E-state index is -2.14. The van der Waals surface area contributed by atoms with E-state index in [2.05, 4.69) is 160 Å². The van der Waals surface area contributed by atoms with Gasteiger partial charge in [0.05, 0.1) is 34.4 Å². The van der Waals surface area contributed by atoms with Crippen molar-refractivity contribution in [1.82, 2.24) is 0 Å². The average Bonchev–Trinajstić information content (AvgIpc) is 3.56. The third-order valence-electron chi connectivity index (χ3n) is 15.0. The first-order valence-corrected chi connectivity index (χ1v) is 23.9. The first-order valence-electron chi connectivity index (χ1n) is 19.4. The Kier molecular flexibility index (Phi) is 9.62. The Morgan fingerprint density at radius 1 is 0.646 bits per heavy atom. The van der Waals surface area contributed by atoms with Gasteiger partial charge in [-0.3, -0.25) is 0 Å². The fourth-order valence-electron chi connectivity index (χ4n) is 13.5. The highest BCUT2D eigenvalue weighted by Gasteiger charge is 2.78. The van der Waals surface area contributed by atoms with Gasteiger partial charge in [-0.05, 0) is 57.6 Å². The molecule has 3 aliphatic rings. The number of benzene rings is 3. The van der Waals surface area contributed by atoms with Gasteiger partial charge in [-0.1, -0.05) is 171 Å². The van der Waals surface area contributed by atoms with Crippen molar-refractivity contribution >= 4 is 26.5 Å². The molecule has 0 bridgehead atoms. The Balaban J connectivity index is 1.55. The molecule has 3 aliphatic carbocycles. The van der Waals surface area contributed by atoms with Crippen LogP contribution >= 0.6 is 0 Å². The number of hydrogen-bond acceptors (Lipinski definition) is 1. The molecule has 1 spiro atoms. The summed E-state index contributed by atoms with van der Waals surface area (Å²) in [5.74, 6) is 1.88. The first kappa shape index (κ1) is 35.7. The van der Waals surface area contributed by atoms with Gasteiger partial charge in [-0.25, -0.2) is 0 Å². The molecule has 5 atom stereocenters. The van der Waals surface area contributed by atoms with Gasteiger partial charge in [-0.2, -0.15) is 0 Å². The Morgan fingerprint density at radius 2 is 1.10 bits per heavy atom. The Hall–Kier alpha value is -2.08. The van der Waals surface area contributed by atoms with Crippen LogP contribution in [-0.2, 0) is 0 Å². The summed E-state index contributed by atoms with van der Waals surface area (Å²) in [6.07, 6.45) is 6.61. The third-order valence-corrected chi connectivity index (χ3v) is 29.3. The monoisotopic (exact) mass is 677 g/mol. The van der Waals surface area contributed by atoms with Gasteiger partial charge in [0.25, 0.3) is 0 Å². The second kappa shape index (κ2) is 12.9. The van der Waals surface area contributed by atoms with E-state index < -0.39 is 21.7 Å². The highest BCUT2D eigenvalue weighted by atomic mass is 28.3. The van der Waals surface area contributed by atoms with Crippen molar-refractivity contribution in [2.24, 2.45) is 10.8 Å². The molecule has 3 aromatic carbocycles. The molecule has 3 saturated carbocycles. The largest absolute Gasteiger partial charge is 0.350 e. The maximum atomic E-state index is 14.0. The molecule has 3 heteroatoms. The van der Waals surface area contributed by atoms with Crippen LogP contribution in [0.5, 0.6) is 0 Å². The fraction of sp³-hybridized carbons (Fsp3) is 0.578. The van der Waals surface area contributed by atoms with Crippen LogP contribution in [0.15, 0.2) is 91.0 Å². The molecule has 3 aromatic rings. The molecule has 1 nitrogen and oxygen atoms in total. The van der Waals surface area contributed by atoms with Crippen molar-refractivity contribution < 1.29 is 5.11 Å². The summed E-state index contributed by atoms with van der Waals surface area (Å²) in [6, 6.07) is 34.9. The molecule has 6 rings (SSSR count). The van der Waals surface area contributed by atoms with Gasteiger partial charge < -0.3 is 5.11 Å². The van der Waals surface area contributed by atoms with E-state index in [1.165, 1.54) is 24.3 Å². The molecule has 1 N–H and O–H groups in total. The highest BCUT2D eigenvalue weighted by molar-refractivity contribution is 6.95. The molecule has 0 aliphatic heterocycles. The summed E-state index contributed by atoms with van der Waals surface area (Å²) >= 11 is 0. The summed E-state index contributed by atoms with van der Waals surface area (Å²) in [6.45, 7) is 25.4. The van der Waals surface area contributed by atoms with Gasteiger partial charge in [-0.15, -0.1) is 0 Å². The minimum Gasteiger partial charge on any atom is -0.350 e. The van der Waals surface area contributed by atoms with E-state index in [1.807, 2.05) is 0 Å². The van der Waals surface area contributed by atoms with Gasteiger partial charge in [0.2, 0.25) is 5.60 Å². The third kappa shape index (κ3) is 5.10. The van der Waals surface area contributed by atoms with Crippen LogP contribution in [0.2, 0.25) is 33.2 Å². The van der Waals surface area contributed by atoms with Crippen LogP contribution in [0, 0.1) is 16.7 Å². The zero-order chi connectivity index (χ0) is 34.7. The number of hydrogen-bond donors (Lipinski definition) is 1. The number of rotatable bonds is 9. The summed E-state index contributed by atoms with van der Waals surface area (Å²) in [7, 11) is -4.18. The lowest BCUT2D eigenvalue weighted by Gasteiger charge is -2.57. The predicted octanol–water partition coefficient (Wildman–Crippen LogP) is 11.6. The van der Waals surface area contributed by atoms with Crippen molar-refractivity contribution in [2.45, 2.75) is 153 Å². The second-order valence-corrected chi connectivity index (χ2v) is 29.4. The smallest absolute Gasteiger partial charge is 0.213 e. The minimum absolute atomic E-state index is 0.120. The number of fused-ring (bicyclic) bond motifs is 2. The van der Waals surface area contributed by atoms with E-state index in [1.54, 1.807) is 10.4 Å². The second-order valence-electron chi connectivity index (χ2n) is 18.4. The van der Waals surface area contributed by atoms with E-state index in [0.29, 0.717) is 39.2 Å². The summed E-state index contributed by atoms with van der Waals surface area (Å²) < 4.78 is 0. The lowest BCUT2D eigenvalue weighted by molar-refractivity contribution is -0.0881. The van der Waals surface area contributed by atoms with Crippen LogP contribution in [0.1, 0.15) is 119 Å². The molecule has 258 valence electrons. The van der Waals surface area contributed by atoms with Crippen LogP contribution in [0.3, 0.4) is 0 Å². The van der Waals surface area contributed by atoms with Gasteiger partial charge in [0.15, 0.2) is 0 Å². The van der Waals surface area contributed by atoms with Crippen molar-refractivity contribution in [2.75, 3.05) is 0 Å². The quantitative estimate of drug-likeness (QED) is 0.176. The first-order chi connectivity index (χ1) is 22.7. The molecule has 0 saturated heterocycles. The van der Waals surface area contributed by atoms with Crippen LogP contribution in [0.4, 0.5) is 0 Å². The Labute approximate surface area is 296 Å². The zero-order valence-corrected chi connectivity index (χ0v) is 33.9. The molecule has 0 amide bonds. The van der Waals surface area contributed by atoms with Gasteiger partial charge in [0.1, 0.15) is 5.92 Å². The lowest BCUT2D eigenvalue weighted by atomic mass is 9.56. The van der Waals surface area contributed by atoms with Gasteiger partial charge >= 0.3 is 0 Å². The predicted molar refractivity (Wildman–Crippen MR) is 213 cm³/mol. The van der Waals surface area contributed by atoms with Gasteiger partial charge in [0, 0.05) is 18.3 Å². The molecule has 3 fully saturated rings. The standard InChI is InChI=1S/C45H65OSi2/c1-32(2)47(33(3)4,38-22-16-12-17-23-38)40-28-41(36-20-14-11-15-21-36)44(30-40)27-26-37-29-43(9,10)42(31-45(37,44)46)48(34(5)6,35(7)8)39-24-18-13-19-25-39/h11-25,32-35,40-42,46H,26-31H2,1-10H3/q+1/t40-,41-,42-,44+,45-/m0/s1. The molecular formula is C45H65OSi2+. The molecule has 0 aromatic heterocycles. The van der Waals surface area contributed by atoms with E-state index in [0.717, 1.165) is 25.7 Å². The van der Waals surface area contributed by atoms with E-state index in [-0.39, 0.29) is 10.8 Å². The average molecular weight is 678 g/mol. The maximum absolute atomic E-state index is 14.0. The molecule has 0 unspecified atom stereocenters. The zero-order valence-electron chi connectivity index (χ0n) is 31.9. The molecule has 0 heterocycles. The number of aliphatic hydroxyl groups is 1. The van der Waals surface area contributed by atoms with Crippen molar-refractivity contribution in [3.8, 4) is 0 Å². The van der Waals surface area contributed by atoms with Crippen molar-refractivity contribution in [3.05, 3.63) is 102 Å². The van der Waals surface area contributed by atoms with Crippen LogP contribution in [-0.4, -0.2) is 26.9 Å². The van der Waals surface area contributed by atoms with Crippen LogP contribution in [0.25, 0.3) is 0 Å². The van der Waals surface area contributed by atoms with E-state index in [4.69, 9.17) is 0 Å². The molecule has 0 radical (unpaired) electrons.